The summed E-state index contributed by atoms with van der Waals surface area (Å²) in [7, 11) is 0. The minimum atomic E-state index is -0.393. The first kappa shape index (κ1) is 17.4. The van der Waals surface area contributed by atoms with Crippen LogP contribution < -0.4 is 9.64 Å². The highest BCUT2D eigenvalue weighted by Crippen LogP contribution is 2.31. The number of nitro groups is 1. The molecule has 0 atom stereocenters. The second-order valence-corrected chi connectivity index (χ2v) is 6.16. The SMILES string of the molecule is Cc1nonc1OCCN1CCN(c2ccc(Cl)cc2[N+](=O)[O-])CC1. The molecule has 0 saturated carbocycles. The Morgan fingerprint density at radius 3 is 2.72 bits per heavy atom. The van der Waals surface area contributed by atoms with E-state index in [0.717, 1.165) is 19.6 Å². The van der Waals surface area contributed by atoms with Crippen molar-refractivity contribution in [2.45, 2.75) is 6.92 Å². The highest BCUT2D eigenvalue weighted by Gasteiger charge is 2.24. The van der Waals surface area contributed by atoms with E-state index in [2.05, 4.69) is 19.8 Å². The zero-order chi connectivity index (χ0) is 17.8. The number of piperazine rings is 1. The van der Waals surface area contributed by atoms with E-state index in [9.17, 15) is 10.1 Å². The molecule has 3 rings (SSSR count). The lowest BCUT2D eigenvalue weighted by atomic mass is 10.2. The van der Waals surface area contributed by atoms with Gasteiger partial charge in [0.15, 0.2) is 0 Å². The first-order valence-corrected chi connectivity index (χ1v) is 8.25. The predicted molar refractivity (Wildman–Crippen MR) is 91.3 cm³/mol. The van der Waals surface area contributed by atoms with Crippen LogP contribution in [0.25, 0.3) is 0 Å². The minimum absolute atomic E-state index is 0.0401. The summed E-state index contributed by atoms with van der Waals surface area (Å²) in [5, 5.41) is 18.9. The van der Waals surface area contributed by atoms with Crippen LogP contribution in [0.4, 0.5) is 11.4 Å². The van der Waals surface area contributed by atoms with E-state index in [1.54, 1.807) is 19.1 Å². The molecule has 1 aliphatic rings. The number of benzene rings is 1. The summed E-state index contributed by atoms with van der Waals surface area (Å²) in [6, 6.07) is 4.78. The van der Waals surface area contributed by atoms with Crippen molar-refractivity contribution < 1.29 is 14.3 Å². The van der Waals surface area contributed by atoms with Crippen molar-refractivity contribution in [3.63, 3.8) is 0 Å². The van der Waals surface area contributed by atoms with Crippen LogP contribution in [-0.4, -0.2) is 59.5 Å². The molecule has 1 fully saturated rings. The molecule has 1 aromatic heterocycles. The second kappa shape index (κ2) is 7.66. The van der Waals surface area contributed by atoms with Gasteiger partial charge in [0.1, 0.15) is 18.0 Å². The zero-order valence-electron chi connectivity index (χ0n) is 13.7. The van der Waals surface area contributed by atoms with Crippen LogP contribution in [0, 0.1) is 17.0 Å². The fourth-order valence-corrected chi connectivity index (χ4v) is 2.91. The molecule has 0 N–H and O–H groups in total. The van der Waals surface area contributed by atoms with Gasteiger partial charge in [-0.05, 0) is 24.2 Å². The van der Waals surface area contributed by atoms with E-state index in [1.165, 1.54) is 6.07 Å². The maximum atomic E-state index is 11.2. The van der Waals surface area contributed by atoms with Gasteiger partial charge in [0.2, 0.25) is 0 Å². The van der Waals surface area contributed by atoms with Crippen molar-refractivity contribution in [2.75, 3.05) is 44.2 Å². The van der Waals surface area contributed by atoms with Crippen molar-refractivity contribution >= 4 is 23.0 Å². The van der Waals surface area contributed by atoms with Crippen molar-refractivity contribution in [3.8, 4) is 5.88 Å². The third-order valence-corrected chi connectivity index (χ3v) is 4.34. The Balaban J connectivity index is 1.52. The minimum Gasteiger partial charge on any atom is -0.473 e. The lowest BCUT2D eigenvalue weighted by Crippen LogP contribution is -2.47. The van der Waals surface area contributed by atoms with E-state index in [4.69, 9.17) is 16.3 Å². The number of rotatable bonds is 6. The number of aryl methyl sites for hydroxylation is 1. The Kier molecular flexibility index (Phi) is 5.34. The van der Waals surface area contributed by atoms with Crippen LogP contribution in [0.2, 0.25) is 5.02 Å². The van der Waals surface area contributed by atoms with Crippen LogP contribution in [0.15, 0.2) is 22.8 Å². The maximum Gasteiger partial charge on any atom is 0.294 e. The maximum absolute atomic E-state index is 11.2. The van der Waals surface area contributed by atoms with Crippen molar-refractivity contribution in [1.82, 2.24) is 15.2 Å². The van der Waals surface area contributed by atoms with Gasteiger partial charge < -0.3 is 9.64 Å². The molecule has 1 aliphatic heterocycles. The monoisotopic (exact) mass is 367 g/mol. The van der Waals surface area contributed by atoms with Crippen LogP contribution in [-0.2, 0) is 0 Å². The number of nitro benzene ring substituents is 1. The van der Waals surface area contributed by atoms with E-state index in [-0.39, 0.29) is 5.69 Å². The standard InChI is InChI=1S/C15H18ClN5O4/c1-11-15(18-25-17-11)24-9-8-19-4-6-20(7-5-19)13-3-2-12(16)10-14(13)21(22)23/h2-3,10H,4-9H2,1H3. The third-order valence-electron chi connectivity index (χ3n) is 4.10. The molecule has 0 bridgehead atoms. The Hall–Kier alpha value is -2.39. The van der Waals surface area contributed by atoms with Gasteiger partial charge in [-0.2, -0.15) is 0 Å². The number of hydrogen-bond donors (Lipinski definition) is 0. The van der Waals surface area contributed by atoms with Gasteiger partial charge in [-0.1, -0.05) is 16.8 Å². The van der Waals surface area contributed by atoms with E-state index >= 15 is 0 Å². The Bertz CT molecular complexity index is 745. The molecule has 2 aromatic rings. The summed E-state index contributed by atoms with van der Waals surface area (Å²) >= 11 is 5.87. The van der Waals surface area contributed by atoms with Gasteiger partial charge in [0.25, 0.3) is 11.6 Å². The van der Waals surface area contributed by atoms with Crippen LogP contribution in [0.3, 0.4) is 0 Å². The number of anilines is 1. The average Bonchev–Trinajstić information content (AvgIpc) is 3.01. The van der Waals surface area contributed by atoms with Crippen LogP contribution >= 0.6 is 11.6 Å². The fraction of sp³-hybridized carbons (Fsp3) is 0.467. The Labute approximate surface area is 149 Å². The summed E-state index contributed by atoms with van der Waals surface area (Å²) in [5.41, 5.74) is 1.27. The van der Waals surface area contributed by atoms with Gasteiger partial charge >= 0.3 is 0 Å². The molecule has 134 valence electrons. The number of ether oxygens (including phenoxy) is 1. The van der Waals surface area contributed by atoms with Crippen molar-refractivity contribution in [1.29, 1.82) is 0 Å². The Morgan fingerprint density at radius 2 is 2.08 bits per heavy atom. The summed E-state index contributed by atoms with van der Waals surface area (Å²) < 4.78 is 10.1. The van der Waals surface area contributed by atoms with Gasteiger partial charge in [-0.25, -0.2) is 4.63 Å². The first-order chi connectivity index (χ1) is 12.0. The molecule has 1 aromatic carbocycles. The molecule has 0 unspecified atom stereocenters. The summed E-state index contributed by atoms with van der Waals surface area (Å²) in [6.07, 6.45) is 0. The Morgan fingerprint density at radius 1 is 1.32 bits per heavy atom. The molecule has 25 heavy (non-hydrogen) atoms. The average molecular weight is 368 g/mol. The fourth-order valence-electron chi connectivity index (χ4n) is 2.75. The van der Waals surface area contributed by atoms with Gasteiger partial charge in [0.05, 0.1) is 4.92 Å². The van der Waals surface area contributed by atoms with Crippen molar-refractivity contribution in [2.24, 2.45) is 0 Å². The quantitative estimate of drug-likeness (QED) is 0.565. The molecule has 9 nitrogen and oxygen atoms in total. The largest absolute Gasteiger partial charge is 0.473 e. The van der Waals surface area contributed by atoms with Crippen LogP contribution in [0.5, 0.6) is 5.88 Å². The molecular weight excluding hydrogens is 350 g/mol. The molecule has 0 spiro atoms. The van der Waals surface area contributed by atoms with Crippen LogP contribution in [0.1, 0.15) is 5.69 Å². The topological polar surface area (TPSA) is 97.8 Å². The lowest BCUT2D eigenvalue weighted by Gasteiger charge is -2.35. The number of hydrogen-bond acceptors (Lipinski definition) is 8. The third kappa shape index (κ3) is 4.18. The molecule has 1 saturated heterocycles. The van der Waals surface area contributed by atoms with E-state index in [0.29, 0.717) is 42.0 Å². The summed E-state index contributed by atoms with van der Waals surface area (Å²) in [4.78, 5) is 15.1. The molecule has 0 aliphatic carbocycles. The van der Waals surface area contributed by atoms with Crippen molar-refractivity contribution in [3.05, 3.63) is 39.0 Å². The predicted octanol–water partition coefficient (Wildman–Crippen LogP) is 2.14. The zero-order valence-corrected chi connectivity index (χ0v) is 14.5. The molecule has 2 heterocycles. The number of nitrogens with zero attached hydrogens (tertiary/aromatic N) is 5. The molecule has 10 heteroatoms. The summed E-state index contributed by atoms with van der Waals surface area (Å²) in [5.74, 6) is 0.412. The normalized spacial score (nSPS) is 15.4. The molecular formula is C15H18ClN5O4. The molecule has 0 radical (unpaired) electrons. The van der Waals surface area contributed by atoms with Gasteiger partial charge in [-0.3, -0.25) is 15.0 Å². The molecule has 0 amide bonds. The smallest absolute Gasteiger partial charge is 0.294 e. The summed E-state index contributed by atoms with van der Waals surface area (Å²) in [6.45, 7) is 5.97. The first-order valence-electron chi connectivity index (χ1n) is 7.88. The lowest BCUT2D eigenvalue weighted by molar-refractivity contribution is -0.384. The van der Waals surface area contributed by atoms with Gasteiger partial charge in [0, 0.05) is 43.8 Å². The number of halogens is 1. The highest BCUT2D eigenvalue weighted by atomic mass is 35.5. The number of aromatic nitrogens is 2. The highest BCUT2D eigenvalue weighted by molar-refractivity contribution is 6.30. The van der Waals surface area contributed by atoms with E-state index in [1.807, 2.05) is 4.90 Å². The van der Waals surface area contributed by atoms with Gasteiger partial charge in [-0.15, -0.1) is 0 Å². The van der Waals surface area contributed by atoms with E-state index < -0.39 is 4.92 Å². The second-order valence-electron chi connectivity index (χ2n) is 5.72.